The molecule has 1 fully saturated rings. The lowest BCUT2D eigenvalue weighted by Gasteiger charge is -2.16. The number of hydrogen-bond acceptors (Lipinski definition) is 2. The minimum atomic E-state index is 0.436. The standard InChI is InChI=1S/C15H21BrO2/c1-17-14-8-9-15(16)12(10-14)11-18-13-6-4-2-3-5-7-13/h8-10,13H,2-7,11H2,1H3. The van der Waals surface area contributed by atoms with Crippen LogP contribution in [-0.2, 0) is 11.3 Å². The van der Waals surface area contributed by atoms with Crippen molar-refractivity contribution in [2.24, 2.45) is 0 Å². The minimum Gasteiger partial charge on any atom is -0.497 e. The summed E-state index contributed by atoms with van der Waals surface area (Å²) < 4.78 is 12.4. The lowest BCUT2D eigenvalue weighted by Crippen LogP contribution is -2.11. The summed E-state index contributed by atoms with van der Waals surface area (Å²) in [6, 6.07) is 6.02. The molecule has 0 atom stereocenters. The van der Waals surface area contributed by atoms with Gasteiger partial charge in [0, 0.05) is 4.47 Å². The zero-order chi connectivity index (χ0) is 12.8. The third-order valence-corrected chi connectivity index (χ3v) is 4.30. The largest absolute Gasteiger partial charge is 0.497 e. The number of hydrogen-bond donors (Lipinski definition) is 0. The highest BCUT2D eigenvalue weighted by molar-refractivity contribution is 9.10. The average Bonchev–Trinajstić information content (AvgIpc) is 2.66. The number of ether oxygens (including phenoxy) is 2. The number of benzene rings is 1. The van der Waals surface area contributed by atoms with Crippen LogP contribution in [0.25, 0.3) is 0 Å². The molecule has 2 nitrogen and oxygen atoms in total. The molecule has 0 saturated heterocycles. The normalized spacial score (nSPS) is 17.4. The first kappa shape index (κ1) is 13.9. The molecule has 0 heterocycles. The van der Waals surface area contributed by atoms with Gasteiger partial charge in [0.15, 0.2) is 0 Å². The highest BCUT2D eigenvalue weighted by Gasteiger charge is 2.13. The van der Waals surface area contributed by atoms with Crippen molar-refractivity contribution in [2.75, 3.05) is 7.11 Å². The third-order valence-electron chi connectivity index (χ3n) is 3.53. The maximum Gasteiger partial charge on any atom is 0.119 e. The first-order valence-electron chi connectivity index (χ1n) is 6.73. The van der Waals surface area contributed by atoms with E-state index in [4.69, 9.17) is 9.47 Å². The molecule has 18 heavy (non-hydrogen) atoms. The van der Waals surface area contributed by atoms with E-state index in [1.54, 1.807) is 7.11 Å². The molecule has 1 saturated carbocycles. The third kappa shape index (κ3) is 3.99. The zero-order valence-corrected chi connectivity index (χ0v) is 12.5. The Kier molecular flexibility index (Phi) is 5.51. The van der Waals surface area contributed by atoms with Crippen molar-refractivity contribution < 1.29 is 9.47 Å². The Labute approximate surface area is 118 Å². The van der Waals surface area contributed by atoms with Crippen molar-refractivity contribution in [1.82, 2.24) is 0 Å². The summed E-state index contributed by atoms with van der Waals surface area (Å²) in [6.45, 7) is 0.669. The van der Waals surface area contributed by atoms with E-state index >= 15 is 0 Å². The van der Waals surface area contributed by atoms with Gasteiger partial charge >= 0.3 is 0 Å². The smallest absolute Gasteiger partial charge is 0.119 e. The Balaban J connectivity index is 1.92. The molecular weight excluding hydrogens is 292 g/mol. The monoisotopic (exact) mass is 312 g/mol. The van der Waals surface area contributed by atoms with Crippen molar-refractivity contribution in [3.05, 3.63) is 28.2 Å². The SMILES string of the molecule is COc1ccc(Br)c(COC2CCCCCC2)c1. The van der Waals surface area contributed by atoms with E-state index in [9.17, 15) is 0 Å². The summed E-state index contributed by atoms with van der Waals surface area (Å²) in [7, 11) is 1.69. The second-order valence-electron chi connectivity index (χ2n) is 4.88. The first-order chi connectivity index (χ1) is 8.79. The van der Waals surface area contributed by atoms with E-state index in [1.165, 1.54) is 44.1 Å². The molecule has 1 aliphatic rings. The van der Waals surface area contributed by atoms with Gasteiger partial charge in [-0.25, -0.2) is 0 Å². The molecule has 0 amide bonds. The van der Waals surface area contributed by atoms with Crippen LogP contribution in [0, 0.1) is 0 Å². The van der Waals surface area contributed by atoms with Gasteiger partial charge in [-0.3, -0.25) is 0 Å². The molecule has 0 spiro atoms. The van der Waals surface area contributed by atoms with Crippen LogP contribution >= 0.6 is 15.9 Å². The Hall–Kier alpha value is -0.540. The second kappa shape index (κ2) is 7.15. The van der Waals surface area contributed by atoms with Gasteiger partial charge in [-0.05, 0) is 36.6 Å². The molecule has 1 aliphatic carbocycles. The summed E-state index contributed by atoms with van der Waals surface area (Å²) >= 11 is 3.56. The van der Waals surface area contributed by atoms with Crippen LogP contribution in [0.2, 0.25) is 0 Å². The van der Waals surface area contributed by atoms with E-state index in [-0.39, 0.29) is 0 Å². The number of rotatable bonds is 4. The van der Waals surface area contributed by atoms with Gasteiger partial charge in [0.1, 0.15) is 5.75 Å². The fourth-order valence-corrected chi connectivity index (χ4v) is 2.77. The van der Waals surface area contributed by atoms with Gasteiger partial charge in [0.05, 0.1) is 19.8 Å². The van der Waals surface area contributed by atoms with Crippen LogP contribution in [0.3, 0.4) is 0 Å². The number of halogens is 1. The maximum absolute atomic E-state index is 6.04. The van der Waals surface area contributed by atoms with E-state index in [0.717, 1.165) is 10.2 Å². The predicted molar refractivity (Wildman–Crippen MR) is 77.0 cm³/mol. The molecule has 0 radical (unpaired) electrons. The van der Waals surface area contributed by atoms with Crippen LogP contribution in [0.4, 0.5) is 0 Å². The van der Waals surface area contributed by atoms with Gasteiger partial charge in [0.2, 0.25) is 0 Å². The van der Waals surface area contributed by atoms with Gasteiger partial charge in [0.25, 0.3) is 0 Å². The molecule has 0 unspecified atom stereocenters. The highest BCUT2D eigenvalue weighted by atomic mass is 79.9. The van der Waals surface area contributed by atoms with Gasteiger partial charge in [-0.2, -0.15) is 0 Å². The van der Waals surface area contributed by atoms with Crippen LogP contribution in [0.5, 0.6) is 5.75 Å². The second-order valence-corrected chi connectivity index (χ2v) is 5.74. The molecule has 0 N–H and O–H groups in total. The molecule has 2 rings (SSSR count). The topological polar surface area (TPSA) is 18.5 Å². The fourth-order valence-electron chi connectivity index (χ4n) is 2.40. The molecule has 0 aliphatic heterocycles. The summed E-state index contributed by atoms with van der Waals surface area (Å²) in [6.07, 6.45) is 8.20. The Morgan fingerprint density at radius 3 is 2.56 bits per heavy atom. The highest BCUT2D eigenvalue weighted by Crippen LogP contribution is 2.25. The van der Waals surface area contributed by atoms with Gasteiger partial charge < -0.3 is 9.47 Å². The predicted octanol–water partition coefficient (Wildman–Crippen LogP) is 4.70. The average molecular weight is 313 g/mol. The molecule has 0 aromatic heterocycles. The Morgan fingerprint density at radius 2 is 1.89 bits per heavy atom. The van der Waals surface area contributed by atoms with Crippen molar-refractivity contribution in [3.8, 4) is 5.75 Å². The minimum absolute atomic E-state index is 0.436. The lowest BCUT2D eigenvalue weighted by molar-refractivity contribution is 0.0306. The van der Waals surface area contributed by atoms with E-state index < -0.39 is 0 Å². The van der Waals surface area contributed by atoms with Crippen LogP contribution in [0.1, 0.15) is 44.1 Å². The van der Waals surface area contributed by atoms with E-state index in [2.05, 4.69) is 15.9 Å². The summed E-state index contributed by atoms with van der Waals surface area (Å²) in [5.74, 6) is 0.887. The summed E-state index contributed by atoms with van der Waals surface area (Å²) in [5.41, 5.74) is 1.17. The van der Waals surface area contributed by atoms with Gasteiger partial charge in [-0.1, -0.05) is 41.6 Å². The molecular formula is C15H21BrO2. The lowest BCUT2D eigenvalue weighted by atomic mass is 10.1. The van der Waals surface area contributed by atoms with Crippen LogP contribution < -0.4 is 4.74 Å². The van der Waals surface area contributed by atoms with Crippen molar-refractivity contribution in [3.63, 3.8) is 0 Å². The van der Waals surface area contributed by atoms with E-state index in [0.29, 0.717) is 12.7 Å². The Morgan fingerprint density at radius 1 is 1.17 bits per heavy atom. The van der Waals surface area contributed by atoms with Crippen molar-refractivity contribution >= 4 is 15.9 Å². The van der Waals surface area contributed by atoms with Crippen molar-refractivity contribution in [1.29, 1.82) is 0 Å². The maximum atomic E-state index is 6.04. The van der Waals surface area contributed by atoms with Crippen molar-refractivity contribution in [2.45, 2.75) is 51.2 Å². The quantitative estimate of drug-likeness (QED) is 0.750. The molecule has 3 heteroatoms. The fraction of sp³-hybridized carbons (Fsp3) is 0.600. The Bertz CT molecular complexity index is 371. The zero-order valence-electron chi connectivity index (χ0n) is 11.0. The summed E-state index contributed by atoms with van der Waals surface area (Å²) in [4.78, 5) is 0. The first-order valence-corrected chi connectivity index (χ1v) is 7.53. The van der Waals surface area contributed by atoms with Crippen LogP contribution in [-0.4, -0.2) is 13.2 Å². The van der Waals surface area contributed by atoms with Gasteiger partial charge in [-0.15, -0.1) is 0 Å². The van der Waals surface area contributed by atoms with E-state index in [1.807, 2.05) is 18.2 Å². The molecule has 1 aromatic carbocycles. The molecule has 0 bridgehead atoms. The summed E-state index contributed by atoms with van der Waals surface area (Å²) in [5, 5.41) is 0. The molecule has 1 aromatic rings. The number of methoxy groups -OCH3 is 1. The van der Waals surface area contributed by atoms with Crippen LogP contribution in [0.15, 0.2) is 22.7 Å². The molecule has 100 valence electrons.